The molecule has 1 saturated heterocycles. The molecule has 2 aromatic rings. The van der Waals surface area contributed by atoms with E-state index in [9.17, 15) is 29.6 Å². The minimum absolute atomic E-state index is 0.00379. The highest BCUT2D eigenvalue weighted by molar-refractivity contribution is 8.00. The number of nitrogens with zero attached hydrogens (tertiary/aromatic N) is 2. The van der Waals surface area contributed by atoms with E-state index in [0.29, 0.717) is 24.0 Å². The topological polar surface area (TPSA) is 151 Å². The van der Waals surface area contributed by atoms with E-state index in [2.05, 4.69) is 10.6 Å². The van der Waals surface area contributed by atoms with Crippen LogP contribution in [0.2, 0.25) is 0 Å². The van der Waals surface area contributed by atoms with Gasteiger partial charge >= 0.3 is 6.09 Å². The number of hydrogen-bond acceptors (Lipinski definition) is 9. The van der Waals surface area contributed by atoms with Crippen LogP contribution in [-0.4, -0.2) is 79.7 Å². The van der Waals surface area contributed by atoms with Crippen molar-refractivity contribution in [1.29, 1.82) is 0 Å². The Kier molecular flexibility index (Phi) is 12.6. The predicted octanol–water partition coefficient (Wildman–Crippen LogP) is 5.75. The lowest BCUT2D eigenvalue weighted by molar-refractivity contribution is -0.384. The molecule has 2 fully saturated rings. The van der Waals surface area contributed by atoms with Crippen LogP contribution in [0.1, 0.15) is 68.8 Å². The van der Waals surface area contributed by atoms with Gasteiger partial charge in [0.15, 0.2) is 0 Å². The van der Waals surface area contributed by atoms with Crippen LogP contribution in [0, 0.1) is 16.0 Å². The Balaban J connectivity index is 1.59. The van der Waals surface area contributed by atoms with Gasteiger partial charge in [-0.05, 0) is 69.4 Å². The molecule has 3 N–H and O–H groups in total. The van der Waals surface area contributed by atoms with Gasteiger partial charge in [-0.15, -0.1) is 11.8 Å². The first-order valence-corrected chi connectivity index (χ1v) is 17.9. The van der Waals surface area contributed by atoms with E-state index in [1.54, 1.807) is 56.8 Å². The van der Waals surface area contributed by atoms with Crippen molar-refractivity contribution in [1.82, 2.24) is 15.5 Å². The second kappa shape index (κ2) is 16.4. The number of carbonyl (C=O) groups is 3. The third-order valence-electron chi connectivity index (χ3n) is 8.08. The predicted molar refractivity (Wildman–Crippen MR) is 181 cm³/mol. The van der Waals surface area contributed by atoms with E-state index in [0.717, 1.165) is 24.2 Å². The van der Waals surface area contributed by atoms with Crippen molar-refractivity contribution in [2.75, 3.05) is 23.9 Å². The first-order valence-electron chi connectivity index (χ1n) is 15.7. The van der Waals surface area contributed by atoms with E-state index in [-0.39, 0.29) is 34.7 Å². The van der Waals surface area contributed by atoms with Gasteiger partial charge in [-0.25, -0.2) is 4.79 Å². The zero-order valence-electron chi connectivity index (χ0n) is 26.6. The Morgan fingerprint density at radius 1 is 1.11 bits per heavy atom. The lowest BCUT2D eigenvalue weighted by Gasteiger charge is -2.32. The molecule has 0 bridgehead atoms. The summed E-state index contributed by atoms with van der Waals surface area (Å²) >= 11 is 3.20. The molecule has 0 radical (unpaired) electrons. The van der Waals surface area contributed by atoms with Crippen molar-refractivity contribution in [3.8, 4) is 5.75 Å². The molecule has 1 aliphatic carbocycles. The summed E-state index contributed by atoms with van der Waals surface area (Å²) in [4.78, 5) is 52.3. The number of benzene rings is 2. The van der Waals surface area contributed by atoms with Crippen LogP contribution in [0.15, 0.2) is 48.5 Å². The van der Waals surface area contributed by atoms with Gasteiger partial charge in [0, 0.05) is 29.7 Å². The minimum Gasteiger partial charge on any atom is -0.507 e. The summed E-state index contributed by atoms with van der Waals surface area (Å²) in [6, 6.07) is 11.3. The van der Waals surface area contributed by atoms with Gasteiger partial charge in [-0.1, -0.05) is 43.5 Å². The molecule has 1 saturated carbocycles. The fourth-order valence-electron chi connectivity index (χ4n) is 5.60. The number of phenolic OH excluding ortho intramolecular Hbond substituents is 1. The van der Waals surface area contributed by atoms with Gasteiger partial charge in [-0.3, -0.25) is 24.6 Å². The number of para-hydroxylation sites is 1. The SMILES string of the molecule is CC(C)(C)OC(=O)N1CSC[C@H]1C(=O)NC(CNC(=O)c1ccccc1O)C(Cc1ccc([N+](=O)[O-])cc1)SCC1CCCCC1. The highest BCUT2D eigenvalue weighted by atomic mass is 32.2. The van der Waals surface area contributed by atoms with E-state index < -0.39 is 34.6 Å². The van der Waals surface area contributed by atoms with Crippen molar-refractivity contribution in [3.63, 3.8) is 0 Å². The van der Waals surface area contributed by atoms with Gasteiger partial charge < -0.3 is 20.5 Å². The smallest absolute Gasteiger partial charge is 0.411 e. The van der Waals surface area contributed by atoms with Gasteiger partial charge in [0.25, 0.3) is 11.6 Å². The van der Waals surface area contributed by atoms with Crippen LogP contribution in [0.4, 0.5) is 10.5 Å². The summed E-state index contributed by atoms with van der Waals surface area (Å²) in [5, 5.41) is 27.4. The molecule has 3 atom stereocenters. The monoisotopic (exact) mass is 672 g/mol. The number of rotatable bonds is 12. The number of ether oxygens (including phenoxy) is 1. The van der Waals surface area contributed by atoms with E-state index in [1.807, 2.05) is 0 Å². The molecule has 2 aromatic carbocycles. The van der Waals surface area contributed by atoms with E-state index >= 15 is 0 Å². The lowest BCUT2D eigenvalue weighted by Crippen LogP contribution is -2.56. The van der Waals surface area contributed by atoms with Crippen molar-refractivity contribution < 1.29 is 29.2 Å². The minimum atomic E-state index is -0.750. The zero-order valence-corrected chi connectivity index (χ0v) is 28.2. The number of amides is 3. The van der Waals surface area contributed by atoms with E-state index in [4.69, 9.17) is 4.74 Å². The van der Waals surface area contributed by atoms with Gasteiger partial charge in [-0.2, -0.15) is 11.8 Å². The molecular weight excluding hydrogens is 629 g/mol. The molecule has 2 aliphatic rings. The molecular formula is C33H44N4O7S2. The molecule has 11 nitrogen and oxygen atoms in total. The number of aromatic hydroxyl groups is 1. The maximum atomic E-state index is 13.9. The molecule has 4 rings (SSSR count). The summed E-state index contributed by atoms with van der Waals surface area (Å²) in [7, 11) is 0. The van der Waals surface area contributed by atoms with Crippen molar-refractivity contribution >= 4 is 47.1 Å². The Bertz CT molecular complexity index is 1360. The first kappa shape index (κ1) is 35.4. The van der Waals surface area contributed by atoms with Gasteiger partial charge in [0.2, 0.25) is 5.91 Å². The number of nitro benzene ring substituents is 1. The van der Waals surface area contributed by atoms with Crippen molar-refractivity contribution in [2.24, 2.45) is 5.92 Å². The second-order valence-electron chi connectivity index (χ2n) is 12.8. The Labute approximate surface area is 278 Å². The van der Waals surface area contributed by atoms with Crippen LogP contribution in [0.25, 0.3) is 0 Å². The number of carbonyl (C=O) groups excluding carboxylic acids is 3. The maximum Gasteiger partial charge on any atom is 0.411 e. The van der Waals surface area contributed by atoms with Crippen molar-refractivity contribution in [2.45, 2.75) is 82.2 Å². The Morgan fingerprint density at radius 2 is 1.80 bits per heavy atom. The molecule has 0 aromatic heterocycles. The summed E-state index contributed by atoms with van der Waals surface area (Å²) < 4.78 is 5.57. The molecule has 0 spiro atoms. The molecule has 250 valence electrons. The van der Waals surface area contributed by atoms with Crippen LogP contribution >= 0.6 is 23.5 Å². The van der Waals surface area contributed by atoms with Gasteiger partial charge in [0.05, 0.1) is 22.4 Å². The molecule has 1 heterocycles. The number of hydrogen-bond donors (Lipinski definition) is 3. The number of non-ortho nitro benzene ring substituents is 1. The molecule has 3 amide bonds. The van der Waals surface area contributed by atoms with Crippen LogP contribution in [0.5, 0.6) is 5.75 Å². The number of phenols is 1. The summed E-state index contributed by atoms with van der Waals surface area (Å²) in [5.74, 6) is 1.18. The third-order valence-corrected chi connectivity index (χ3v) is 10.7. The molecule has 13 heteroatoms. The maximum absolute atomic E-state index is 13.9. The molecule has 2 unspecified atom stereocenters. The quantitative estimate of drug-likeness (QED) is 0.189. The largest absolute Gasteiger partial charge is 0.507 e. The van der Waals surface area contributed by atoms with Gasteiger partial charge in [0.1, 0.15) is 17.4 Å². The Hall–Kier alpha value is -3.45. The van der Waals surface area contributed by atoms with Crippen LogP contribution < -0.4 is 10.6 Å². The van der Waals surface area contributed by atoms with Crippen LogP contribution in [-0.2, 0) is 16.0 Å². The fraction of sp³-hybridized carbons (Fsp3) is 0.545. The zero-order chi connectivity index (χ0) is 33.3. The Morgan fingerprint density at radius 3 is 2.46 bits per heavy atom. The summed E-state index contributed by atoms with van der Waals surface area (Å²) in [5.41, 5.74) is 0.269. The third kappa shape index (κ3) is 10.3. The number of nitro groups is 1. The molecule has 46 heavy (non-hydrogen) atoms. The van der Waals surface area contributed by atoms with Crippen molar-refractivity contribution in [3.05, 3.63) is 69.8 Å². The molecule has 1 aliphatic heterocycles. The lowest BCUT2D eigenvalue weighted by atomic mass is 9.91. The normalized spacial score (nSPS) is 18.4. The fourth-order valence-corrected chi connectivity index (χ4v) is 8.30. The van der Waals surface area contributed by atoms with Crippen LogP contribution in [0.3, 0.4) is 0 Å². The highest BCUT2D eigenvalue weighted by Gasteiger charge is 2.39. The number of nitrogens with one attached hydrogen (secondary N) is 2. The first-order chi connectivity index (χ1) is 21.9. The highest BCUT2D eigenvalue weighted by Crippen LogP contribution is 2.31. The number of thioether (sulfide) groups is 2. The summed E-state index contributed by atoms with van der Waals surface area (Å²) in [6.45, 7) is 5.40. The standard InChI is InChI=1S/C33H44N4O7S2/c1-33(2,3)44-32(41)36-21-45-20-27(36)31(40)35-26(18-34-30(39)25-11-7-8-12-28(25)38)29(46-19-23-9-5-4-6-10-23)17-22-13-15-24(16-14-22)37(42)43/h7-8,11-16,23,26-27,29,38H,4-6,9-10,17-21H2,1-3H3,(H,34,39)(H,35,40)/t26?,27-,29?/m0/s1. The average Bonchev–Trinajstić information content (AvgIpc) is 3.52. The van der Waals surface area contributed by atoms with E-state index in [1.165, 1.54) is 60.2 Å². The average molecular weight is 673 g/mol. The summed E-state index contributed by atoms with van der Waals surface area (Å²) in [6.07, 6.45) is 5.82. The second-order valence-corrected chi connectivity index (χ2v) is 15.1.